The molecule has 0 unspecified atom stereocenters. The maximum atomic E-state index is 12.3. The Labute approximate surface area is 126 Å². The molecule has 1 aromatic rings. The lowest BCUT2D eigenvalue weighted by Crippen LogP contribution is -2.56. The summed E-state index contributed by atoms with van der Waals surface area (Å²) < 4.78 is 0. The number of anilines is 1. The number of urea groups is 1. The Morgan fingerprint density at radius 1 is 1.05 bits per heavy atom. The predicted octanol–water partition coefficient (Wildman–Crippen LogP) is 3.94. The summed E-state index contributed by atoms with van der Waals surface area (Å²) in [6, 6.07) is 8.36. The minimum absolute atomic E-state index is 0.0296. The Kier molecular flexibility index (Phi) is 3.16. The van der Waals surface area contributed by atoms with E-state index in [4.69, 9.17) is 0 Å². The van der Waals surface area contributed by atoms with Gasteiger partial charge in [0.25, 0.3) is 0 Å². The Hall–Kier alpha value is -1.51. The van der Waals surface area contributed by atoms with Crippen molar-refractivity contribution >= 4 is 11.7 Å². The minimum Gasteiger partial charge on any atom is -0.335 e. The Bertz CT molecular complexity index is 526. The topological polar surface area (TPSA) is 41.1 Å². The van der Waals surface area contributed by atoms with Crippen LogP contribution in [0.25, 0.3) is 0 Å². The molecule has 0 aromatic heterocycles. The summed E-state index contributed by atoms with van der Waals surface area (Å²) in [5.74, 6) is 3.35. The van der Waals surface area contributed by atoms with E-state index in [9.17, 15) is 4.79 Å². The molecule has 0 spiro atoms. The number of amides is 2. The Morgan fingerprint density at radius 2 is 1.71 bits per heavy atom. The van der Waals surface area contributed by atoms with Crippen LogP contribution in [0, 0.1) is 30.6 Å². The number of carbonyl (C=O) groups excluding carboxylic acids is 1. The molecular weight excluding hydrogens is 260 g/mol. The third kappa shape index (κ3) is 2.54. The molecule has 4 aliphatic carbocycles. The number of aryl methyl sites for hydroxylation is 1. The fourth-order valence-electron chi connectivity index (χ4n) is 5.20. The van der Waals surface area contributed by atoms with E-state index >= 15 is 0 Å². The van der Waals surface area contributed by atoms with Crippen molar-refractivity contribution < 1.29 is 4.79 Å². The molecule has 0 radical (unpaired) electrons. The van der Waals surface area contributed by atoms with Crippen LogP contribution in [0.15, 0.2) is 24.3 Å². The Balaban J connectivity index is 1.41. The van der Waals surface area contributed by atoms with E-state index in [1.807, 2.05) is 31.2 Å². The van der Waals surface area contributed by atoms with Gasteiger partial charge in [0.2, 0.25) is 0 Å². The van der Waals surface area contributed by atoms with Gasteiger partial charge in [-0.1, -0.05) is 12.1 Å². The lowest BCUT2D eigenvalue weighted by Gasteiger charge is -2.54. The normalized spacial score (nSPS) is 36.5. The summed E-state index contributed by atoms with van der Waals surface area (Å²) in [6.07, 6.45) is 6.80. The van der Waals surface area contributed by atoms with Crippen molar-refractivity contribution in [2.24, 2.45) is 23.7 Å². The van der Waals surface area contributed by atoms with Crippen molar-refractivity contribution in [1.29, 1.82) is 0 Å². The van der Waals surface area contributed by atoms with Gasteiger partial charge in [-0.05, 0) is 80.4 Å². The maximum Gasteiger partial charge on any atom is 0.319 e. The first kappa shape index (κ1) is 13.2. The zero-order valence-corrected chi connectivity index (χ0v) is 12.6. The summed E-state index contributed by atoms with van der Waals surface area (Å²) in [5, 5.41) is 6.27. The second-order valence-electron chi connectivity index (χ2n) is 7.42. The molecule has 3 heteroatoms. The molecule has 0 heterocycles. The fraction of sp³-hybridized carbons (Fsp3) is 0.611. The number of benzene rings is 1. The third-order valence-electron chi connectivity index (χ3n) is 5.80. The zero-order valence-electron chi connectivity index (χ0n) is 12.6. The highest BCUT2D eigenvalue weighted by molar-refractivity contribution is 5.89. The number of carbonyl (C=O) groups is 1. The lowest BCUT2D eigenvalue weighted by molar-refractivity contribution is -0.00883. The first-order valence-electron chi connectivity index (χ1n) is 8.31. The van der Waals surface area contributed by atoms with Crippen LogP contribution in [0.4, 0.5) is 10.5 Å². The molecule has 4 aliphatic rings. The van der Waals surface area contributed by atoms with Crippen LogP contribution < -0.4 is 10.6 Å². The molecule has 2 amide bonds. The monoisotopic (exact) mass is 284 g/mol. The van der Waals surface area contributed by atoms with Crippen molar-refractivity contribution in [3.63, 3.8) is 0 Å². The van der Waals surface area contributed by atoms with E-state index in [0.29, 0.717) is 6.04 Å². The van der Waals surface area contributed by atoms with Crippen molar-refractivity contribution in [1.82, 2.24) is 5.32 Å². The molecule has 0 atom stereocenters. The highest BCUT2D eigenvalue weighted by Gasteiger charge is 2.48. The van der Waals surface area contributed by atoms with Crippen LogP contribution in [-0.2, 0) is 0 Å². The number of hydrogen-bond donors (Lipinski definition) is 2. The molecule has 0 aliphatic heterocycles. The first-order chi connectivity index (χ1) is 10.2. The van der Waals surface area contributed by atoms with Gasteiger partial charge in [0.05, 0.1) is 0 Å². The van der Waals surface area contributed by atoms with Gasteiger partial charge >= 0.3 is 6.03 Å². The highest BCUT2D eigenvalue weighted by atomic mass is 16.2. The molecule has 21 heavy (non-hydrogen) atoms. The first-order valence-corrected chi connectivity index (χ1v) is 8.31. The van der Waals surface area contributed by atoms with Crippen molar-refractivity contribution in [2.45, 2.75) is 45.1 Å². The SMILES string of the molecule is Cc1cccc(NC(=O)NC2C3CC4CC(C3)CC2C4)c1. The molecule has 1 aromatic carbocycles. The highest BCUT2D eigenvalue weighted by Crippen LogP contribution is 2.53. The van der Waals surface area contributed by atoms with Gasteiger partial charge in [-0.3, -0.25) is 0 Å². The van der Waals surface area contributed by atoms with Gasteiger partial charge < -0.3 is 10.6 Å². The van der Waals surface area contributed by atoms with Crippen LogP contribution in [0.2, 0.25) is 0 Å². The number of nitrogens with one attached hydrogen (secondary N) is 2. The molecular formula is C18H24N2O. The van der Waals surface area contributed by atoms with Crippen LogP contribution >= 0.6 is 0 Å². The Morgan fingerprint density at radius 3 is 2.33 bits per heavy atom. The van der Waals surface area contributed by atoms with Crippen molar-refractivity contribution in [3.05, 3.63) is 29.8 Å². The zero-order chi connectivity index (χ0) is 14.4. The summed E-state index contributed by atoms with van der Waals surface area (Å²) in [7, 11) is 0. The second-order valence-corrected chi connectivity index (χ2v) is 7.42. The van der Waals surface area contributed by atoms with Gasteiger partial charge in [0.1, 0.15) is 0 Å². The van der Waals surface area contributed by atoms with E-state index in [-0.39, 0.29) is 6.03 Å². The van der Waals surface area contributed by atoms with Crippen LogP contribution in [0.3, 0.4) is 0 Å². The lowest BCUT2D eigenvalue weighted by atomic mass is 9.54. The summed E-state index contributed by atoms with van der Waals surface area (Å²) in [5.41, 5.74) is 2.05. The molecule has 5 rings (SSSR count). The van der Waals surface area contributed by atoms with Gasteiger partial charge in [0, 0.05) is 11.7 Å². The van der Waals surface area contributed by atoms with Gasteiger partial charge in [0.15, 0.2) is 0 Å². The molecule has 0 saturated heterocycles. The third-order valence-corrected chi connectivity index (χ3v) is 5.80. The largest absolute Gasteiger partial charge is 0.335 e. The predicted molar refractivity (Wildman–Crippen MR) is 84.2 cm³/mol. The summed E-state index contributed by atoms with van der Waals surface area (Å²) in [6.45, 7) is 2.04. The van der Waals surface area contributed by atoms with E-state index in [1.54, 1.807) is 0 Å². The molecule has 2 N–H and O–H groups in total. The smallest absolute Gasteiger partial charge is 0.319 e. The van der Waals surface area contributed by atoms with Gasteiger partial charge in [-0.15, -0.1) is 0 Å². The molecule has 112 valence electrons. The maximum absolute atomic E-state index is 12.3. The minimum atomic E-state index is -0.0296. The van der Waals surface area contributed by atoms with E-state index in [1.165, 1.54) is 37.7 Å². The van der Waals surface area contributed by atoms with Crippen molar-refractivity contribution in [2.75, 3.05) is 5.32 Å². The van der Waals surface area contributed by atoms with E-state index in [0.717, 1.165) is 29.4 Å². The summed E-state index contributed by atoms with van der Waals surface area (Å²) >= 11 is 0. The number of hydrogen-bond acceptors (Lipinski definition) is 1. The molecule has 3 nitrogen and oxygen atoms in total. The van der Waals surface area contributed by atoms with Gasteiger partial charge in [-0.25, -0.2) is 4.79 Å². The molecule has 4 bridgehead atoms. The van der Waals surface area contributed by atoms with Gasteiger partial charge in [-0.2, -0.15) is 0 Å². The average molecular weight is 284 g/mol. The average Bonchev–Trinajstić information content (AvgIpc) is 2.42. The summed E-state index contributed by atoms with van der Waals surface area (Å²) in [4.78, 5) is 12.3. The second kappa shape index (κ2) is 5.04. The molecule has 4 fully saturated rings. The number of rotatable bonds is 2. The van der Waals surface area contributed by atoms with E-state index < -0.39 is 0 Å². The van der Waals surface area contributed by atoms with E-state index in [2.05, 4.69) is 10.6 Å². The standard InChI is InChI=1S/C18H24N2O/c1-11-3-2-4-16(5-11)19-18(21)20-17-14-7-12-6-13(9-14)10-15(17)8-12/h2-5,12-15,17H,6-10H2,1H3,(H2,19,20,21). The van der Waals surface area contributed by atoms with Crippen LogP contribution in [-0.4, -0.2) is 12.1 Å². The molecule has 4 saturated carbocycles. The van der Waals surface area contributed by atoms with Crippen molar-refractivity contribution in [3.8, 4) is 0 Å². The van der Waals surface area contributed by atoms with Crippen LogP contribution in [0.1, 0.15) is 37.7 Å². The quantitative estimate of drug-likeness (QED) is 0.848. The fourth-order valence-corrected chi connectivity index (χ4v) is 5.20. The van der Waals surface area contributed by atoms with Crippen LogP contribution in [0.5, 0.6) is 0 Å².